The van der Waals surface area contributed by atoms with Crippen molar-refractivity contribution in [3.8, 4) is 0 Å². The quantitative estimate of drug-likeness (QED) is 0.785. The van der Waals surface area contributed by atoms with E-state index in [0.717, 1.165) is 39.0 Å². The molecule has 1 amide bonds. The highest BCUT2D eigenvalue weighted by molar-refractivity contribution is 5.77. The molecule has 18 heavy (non-hydrogen) atoms. The number of rotatable bonds is 4. The lowest BCUT2D eigenvalue weighted by molar-refractivity contribution is -0.124. The predicted molar refractivity (Wildman–Crippen MR) is 73.5 cm³/mol. The Labute approximate surface area is 110 Å². The van der Waals surface area contributed by atoms with Crippen molar-refractivity contribution >= 4 is 5.91 Å². The van der Waals surface area contributed by atoms with Crippen molar-refractivity contribution in [2.75, 3.05) is 26.2 Å². The van der Waals surface area contributed by atoms with E-state index >= 15 is 0 Å². The molecule has 2 rings (SSSR count). The first-order valence-corrected chi connectivity index (χ1v) is 7.24. The number of piperidine rings is 1. The fourth-order valence-electron chi connectivity index (χ4n) is 2.80. The average molecular weight is 253 g/mol. The molecule has 4 nitrogen and oxygen atoms in total. The summed E-state index contributed by atoms with van der Waals surface area (Å²) in [7, 11) is 0. The zero-order valence-corrected chi connectivity index (χ0v) is 12.0. The lowest BCUT2D eigenvalue weighted by atomic mass is 9.88. The largest absolute Gasteiger partial charge is 0.351 e. The zero-order chi connectivity index (χ0) is 13.2. The molecule has 0 aromatic rings. The fourth-order valence-corrected chi connectivity index (χ4v) is 2.80. The van der Waals surface area contributed by atoms with Gasteiger partial charge >= 0.3 is 0 Å². The summed E-state index contributed by atoms with van der Waals surface area (Å²) in [5.74, 6) is 0.798. The molecule has 2 aliphatic rings. The molecule has 0 unspecified atom stereocenters. The van der Waals surface area contributed by atoms with Gasteiger partial charge in [-0.2, -0.15) is 0 Å². The van der Waals surface area contributed by atoms with Crippen LogP contribution in [0.25, 0.3) is 0 Å². The second-order valence-corrected chi connectivity index (χ2v) is 6.47. The van der Waals surface area contributed by atoms with Gasteiger partial charge in [-0.15, -0.1) is 0 Å². The van der Waals surface area contributed by atoms with Gasteiger partial charge in [0.05, 0.1) is 0 Å². The molecule has 0 bridgehead atoms. The first-order valence-electron chi connectivity index (χ1n) is 7.24. The monoisotopic (exact) mass is 253 g/mol. The first-order chi connectivity index (χ1) is 8.48. The Morgan fingerprint density at radius 1 is 1.39 bits per heavy atom. The van der Waals surface area contributed by atoms with Crippen molar-refractivity contribution in [3.05, 3.63) is 0 Å². The Bertz CT molecular complexity index is 291. The maximum atomic E-state index is 12.0. The number of carbonyl (C=O) groups is 1. The number of likely N-dealkylation sites (tertiary alicyclic amines) is 1. The van der Waals surface area contributed by atoms with Gasteiger partial charge in [-0.3, -0.25) is 4.79 Å². The molecule has 0 atom stereocenters. The topological polar surface area (TPSA) is 44.4 Å². The van der Waals surface area contributed by atoms with Crippen LogP contribution in [0.4, 0.5) is 0 Å². The van der Waals surface area contributed by atoms with Crippen molar-refractivity contribution in [1.29, 1.82) is 0 Å². The third-order valence-electron chi connectivity index (χ3n) is 4.41. The van der Waals surface area contributed by atoms with Crippen molar-refractivity contribution in [2.24, 2.45) is 5.92 Å². The van der Waals surface area contributed by atoms with Crippen molar-refractivity contribution < 1.29 is 4.79 Å². The highest BCUT2D eigenvalue weighted by Gasteiger charge is 2.33. The van der Waals surface area contributed by atoms with E-state index in [1.54, 1.807) is 0 Å². The van der Waals surface area contributed by atoms with Gasteiger partial charge in [-0.25, -0.2) is 0 Å². The normalized spacial score (nSPS) is 24.9. The third kappa shape index (κ3) is 3.45. The fraction of sp³-hybridized carbons (Fsp3) is 0.929. The highest BCUT2D eigenvalue weighted by atomic mass is 16.1. The molecule has 2 N–H and O–H groups in total. The molecule has 0 spiro atoms. The number of hydrogen-bond acceptors (Lipinski definition) is 3. The highest BCUT2D eigenvalue weighted by Crippen LogP contribution is 2.23. The van der Waals surface area contributed by atoms with Gasteiger partial charge < -0.3 is 15.5 Å². The molecule has 2 saturated heterocycles. The van der Waals surface area contributed by atoms with Crippen LogP contribution in [0.2, 0.25) is 0 Å². The van der Waals surface area contributed by atoms with Crippen molar-refractivity contribution in [3.63, 3.8) is 0 Å². The summed E-state index contributed by atoms with van der Waals surface area (Å²) in [6.45, 7) is 10.9. The van der Waals surface area contributed by atoms with Gasteiger partial charge in [0.1, 0.15) is 0 Å². The van der Waals surface area contributed by atoms with E-state index in [1.165, 1.54) is 0 Å². The lowest BCUT2D eigenvalue weighted by Crippen LogP contribution is -2.55. The van der Waals surface area contributed by atoms with Crippen LogP contribution in [0.3, 0.4) is 0 Å². The second-order valence-electron chi connectivity index (χ2n) is 6.47. The molecular weight excluding hydrogens is 226 g/mol. The minimum Gasteiger partial charge on any atom is -0.351 e. The average Bonchev–Trinajstić information content (AvgIpc) is 2.23. The van der Waals surface area contributed by atoms with E-state index in [1.807, 2.05) is 0 Å². The molecule has 0 aliphatic carbocycles. The van der Waals surface area contributed by atoms with Crippen molar-refractivity contribution in [1.82, 2.24) is 15.5 Å². The summed E-state index contributed by atoms with van der Waals surface area (Å²) in [6.07, 6.45) is 2.83. The van der Waals surface area contributed by atoms with Gasteiger partial charge in [0, 0.05) is 31.1 Å². The molecular formula is C14H27N3O. The Morgan fingerprint density at radius 3 is 2.44 bits per heavy atom. The Kier molecular flexibility index (Phi) is 4.28. The minimum atomic E-state index is 0.0135. The van der Waals surface area contributed by atoms with Crippen LogP contribution in [0, 0.1) is 5.92 Å². The summed E-state index contributed by atoms with van der Waals surface area (Å²) < 4.78 is 0. The molecule has 2 heterocycles. The summed E-state index contributed by atoms with van der Waals surface area (Å²) in [5.41, 5.74) is 0.0135. The Balaban J connectivity index is 1.76. The number of amides is 1. The van der Waals surface area contributed by atoms with Crippen molar-refractivity contribution in [2.45, 2.75) is 51.6 Å². The summed E-state index contributed by atoms with van der Waals surface area (Å²) in [6, 6.07) is 0.617. The predicted octanol–water partition coefficient (Wildman–Crippen LogP) is 0.975. The van der Waals surface area contributed by atoms with E-state index in [9.17, 15) is 4.79 Å². The molecule has 2 aliphatic heterocycles. The van der Waals surface area contributed by atoms with E-state index in [4.69, 9.17) is 0 Å². The van der Waals surface area contributed by atoms with Gasteiger partial charge in [0.25, 0.3) is 0 Å². The smallest absolute Gasteiger partial charge is 0.220 e. The molecule has 2 fully saturated rings. The molecule has 4 heteroatoms. The summed E-state index contributed by atoms with van der Waals surface area (Å²) in [5, 5.41) is 6.47. The number of nitrogens with one attached hydrogen (secondary N) is 2. The van der Waals surface area contributed by atoms with E-state index in [2.05, 4.69) is 36.3 Å². The van der Waals surface area contributed by atoms with Gasteiger partial charge in [-0.1, -0.05) is 0 Å². The number of nitrogens with zero attached hydrogens (tertiary/aromatic N) is 1. The third-order valence-corrected chi connectivity index (χ3v) is 4.41. The zero-order valence-electron chi connectivity index (χ0n) is 12.0. The molecule has 0 radical (unpaired) electrons. The summed E-state index contributed by atoms with van der Waals surface area (Å²) in [4.78, 5) is 14.5. The van der Waals surface area contributed by atoms with Crippen LogP contribution in [0.1, 0.15) is 40.0 Å². The van der Waals surface area contributed by atoms with Gasteiger partial charge in [0.15, 0.2) is 0 Å². The standard InChI is InChI=1S/C14H27N3O/c1-11(2)17-6-4-14(3,5-7-17)16-13(18)8-12-9-15-10-12/h11-12,15H,4-10H2,1-3H3,(H,16,18). The summed E-state index contributed by atoms with van der Waals surface area (Å²) >= 11 is 0. The maximum Gasteiger partial charge on any atom is 0.220 e. The van der Waals surface area contributed by atoms with Crippen LogP contribution in [-0.2, 0) is 4.79 Å². The molecule has 0 aromatic carbocycles. The van der Waals surface area contributed by atoms with Crippen LogP contribution in [0.5, 0.6) is 0 Å². The first kappa shape index (κ1) is 13.8. The van der Waals surface area contributed by atoms with Gasteiger partial charge in [0.2, 0.25) is 5.91 Å². The van der Waals surface area contributed by atoms with Crippen LogP contribution >= 0.6 is 0 Å². The van der Waals surface area contributed by atoms with E-state index < -0.39 is 0 Å². The lowest BCUT2D eigenvalue weighted by Gasteiger charge is -2.42. The van der Waals surface area contributed by atoms with E-state index in [-0.39, 0.29) is 11.4 Å². The Morgan fingerprint density at radius 2 is 2.00 bits per heavy atom. The van der Waals surface area contributed by atoms with Crippen LogP contribution in [0.15, 0.2) is 0 Å². The van der Waals surface area contributed by atoms with Crippen LogP contribution < -0.4 is 10.6 Å². The van der Waals surface area contributed by atoms with E-state index in [0.29, 0.717) is 18.4 Å². The number of carbonyl (C=O) groups excluding carboxylic acids is 1. The maximum absolute atomic E-state index is 12.0. The van der Waals surface area contributed by atoms with Gasteiger partial charge in [-0.05, 0) is 52.6 Å². The second kappa shape index (κ2) is 5.57. The SMILES string of the molecule is CC(C)N1CCC(C)(NC(=O)CC2CNC2)CC1. The van der Waals surface area contributed by atoms with Crippen LogP contribution in [-0.4, -0.2) is 48.6 Å². The molecule has 0 aromatic heterocycles. The Hall–Kier alpha value is -0.610. The minimum absolute atomic E-state index is 0.0135. The number of hydrogen-bond donors (Lipinski definition) is 2. The molecule has 0 saturated carbocycles. The molecule has 104 valence electrons.